The van der Waals surface area contributed by atoms with E-state index in [9.17, 15) is 4.79 Å². The summed E-state index contributed by atoms with van der Waals surface area (Å²) in [5, 5.41) is 11.5. The molecular weight excluding hydrogens is 356 g/mol. The third-order valence-electron chi connectivity index (χ3n) is 3.61. The summed E-state index contributed by atoms with van der Waals surface area (Å²) in [6.45, 7) is 0. The molecule has 0 unspecified atom stereocenters. The Morgan fingerprint density at radius 2 is 1.85 bits per heavy atom. The number of benzene rings is 2. The molecule has 2 aromatic heterocycles. The number of tetrazole rings is 1. The molecule has 0 fully saturated rings. The first-order chi connectivity index (χ1) is 12.7. The number of esters is 1. The lowest BCUT2D eigenvalue weighted by atomic mass is 10.2. The number of carbonyl (C=O) groups excluding carboxylic acids is 1. The Hall–Kier alpha value is -3.45. The van der Waals surface area contributed by atoms with Crippen LogP contribution in [-0.4, -0.2) is 26.2 Å². The van der Waals surface area contributed by atoms with Crippen molar-refractivity contribution >= 4 is 17.6 Å². The number of rotatable bonds is 4. The Labute approximate surface area is 152 Å². The van der Waals surface area contributed by atoms with E-state index in [4.69, 9.17) is 20.8 Å². The fourth-order valence-electron chi connectivity index (χ4n) is 2.36. The lowest BCUT2D eigenvalue weighted by Crippen LogP contribution is -2.07. The number of halogens is 1. The molecule has 0 saturated carbocycles. The molecule has 128 valence electrons. The zero-order valence-corrected chi connectivity index (χ0v) is 14.0. The van der Waals surface area contributed by atoms with Gasteiger partial charge in [-0.15, -0.1) is 5.10 Å². The van der Waals surface area contributed by atoms with Gasteiger partial charge in [-0.25, -0.2) is 9.48 Å². The minimum Gasteiger partial charge on any atom is -0.449 e. The smallest absolute Gasteiger partial charge is 0.379 e. The maximum absolute atomic E-state index is 12.3. The predicted octanol–water partition coefficient (Wildman–Crippen LogP) is 3.79. The molecule has 0 atom stereocenters. The maximum Gasteiger partial charge on any atom is 0.379 e. The molecule has 2 aromatic carbocycles. The van der Waals surface area contributed by atoms with Gasteiger partial charge in [0.15, 0.2) is 0 Å². The quantitative estimate of drug-likeness (QED) is 0.403. The van der Waals surface area contributed by atoms with Gasteiger partial charge in [0.05, 0.1) is 10.7 Å². The molecule has 0 aliphatic carbocycles. The van der Waals surface area contributed by atoms with E-state index >= 15 is 0 Å². The lowest BCUT2D eigenvalue weighted by molar-refractivity contribution is 0.0702. The molecule has 2 heterocycles. The van der Waals surface area contributed by atoms with Crippen LogP contribution in [0, 0.1) is 0 Å². The fourth-order valence-corrected chi connectivity index (χ4v) is 2.59. The Kier molecular flexibility index (Phi) is 4.20. The topological polar surface area (TPSA) is 83.0 Å². The van der Waals surface area contributed by atoms with Gasteiger partial charge in [0, 0.05) is 5.56 Å². The summed E-state index contributed by atoms with van der Waals surface area (Å²) in [5.74, 6) is 0.363. The molecule has 26 heavy (non-hydrogen) atoms. The fraction of sp³-hybridized carbons (Fsp3) is 0. The van der Waals surface area contributed by atoms with Crippen molar-refractivity contribution in [1.82, 2.24) is 20.2 Å². The molecule has 0 spiro atoms. The van der Waals surface area contributed by atoms with Crippen molar-refractivity contribution in [2.24, 2.45) is 0 Å². The van der Waals surface area contributed by atoms with Crippen molar-refractivity contribution in [3.05, 3.63) is 77.8 Å². The first-order valence-electron chi connectivity index (χ1n) is 7.61. The molecule has 0 radical (unpaired) electrons. The number of furan rings is 1. The van der Waals surface area contributed by atoms with Crippen LogP contribution in [0.1, 0.15) is 10.6 Å². The minimum atomic E-state index is -0.599. The van der Waals surface area contributed by atoms with Crippen molar-refractivity contribution < 1.29 is 13.9 Å². The van der Waals surface area contributed by atoms with Crippen molar-refractivity contribution in [3.63, 3.8) is 0 Å². The van der Waals surface area contributed by atoms with E-state index in [0.29, 0.717) is 22.1 Å². The Morgan fingerprint density at radius 1 is 1.04 bits per heavy atom. The van der Waals surface area contributed by atoms with Gasteiger partial charge in [-0.1, -0.05) is 23.7 Å². The molecule has 0 aliphatic heterocycles. The SMILES string of the molecule is O=C(Oc1ccc(-n2cnnn2)cc1)c1ccc(-c2ccccc2Cl)o1. The van der Waals surface area contributed by atoms with Gasteiger partial charge < -0.3 is 9.15 Å². The van der Waals surface area contributed by atoms with Crippen LogP contribution in [0.25, 0.3) is 17.0 Å². The zero-order valence-electron chi connectivity index (χ0n) is 13.2. The van der Waals surface area contributed by atoms with E-state index in [1.807, 2.05) is 18.2 Å². The molecule has 0 N–H and O–H groups in total. The number of nitrogens with zero attached hydrogens (tertiary/aromatic N) is 4. The van der Waals surface area contributed by atoms with E-state index in [2.05, 4.69) is 15.5 Å². The highest BCUT2D eigenvalue weighted by Gasteiger charge is 2.16. The van der Waals surface area contributed by atoms with E-state index in [1.54, 1.807) is 42.5 Å². The number of hydrogen-bond donors (Lipinski definition) is 0. The second-order valence-corrected chi connectivity index (χ2v) is 5.69. The Morgan fingerprint density at radius 3 is 2.58 bits per heavy atom. The molecule has 0 amide bonds. The van der Waals surface area contributed by atoms with Gasteiger partial charge in [-0.2, -0.15) is 0 Å². The van der Waals surface area contributed by atoms with E-state index in [-0.39, 0.29) is 5.76 Å². The summed E-state index contributed by atoms with van der Waals surface area (Å²) in [6, 6.07) is 17.2. The molecule has 4 aromatic rings. The van der Waals surface area contributed by atoms with E-state index in [1.165, 1.54) is 11.0 Å². The summed E-state index contributed by atoms with van der Waals surface area (Å²) in [4.78, 5) is 12.3. The summed E-state index contributed by atoms with van der Waals surface area (Å²) >= 11 is 6.14. The standard InChI is InChI=1S/C18H11ClN4O3/c19-15-4-2-1-3-14(15)16-9-10-17(26-16)18(24)25-13-7-5-12(6-8-13)23-11-20-21-22-23/h1-11H. The number of ether oxygens (including phenoxy) is 1. The first-order valence-corrected chi connectivity index (χ1v) is 7.99. The first kappa shape index (κ1) is 16.0. The molecule has 0 aliphatic rings. The normalized spacial score (nSPS) is 10.7. The highest BCUT2D eigenvalue weighted by Crippen LogP contribution is 2.29. The highest BCUT2D eigenvalue weighted by molar-refractivity contribution is 6.33. The summed E-state index contributed by atoms with van der Waals surface area (Å²) in [6.07, 6.45) is 1.47. The van der Waals surface area contributed by atoms with Crippen molar-refractivity contribution in [3.8, 4) is 22.8 Å². The summed E-state index contributed by atoms with van der Waals surface area (Å²) < 4.78 is 12.4. The van der Waals surface area contributed by atoms with Gasteiger partial charge in [0.2, 0.25) is 5.76 Å². The Balaban J connectivity index is 1.49. The molecular formula is C18H11ClN4O3. The monoisotopic (exact) mass is 366 g/mol. The Bertz CT molecular complexity index is 1040. The van der Waals surface area contributed by atoms with Crippen LogP contribution in [0.5, 0.6) is 5.75 Å². The number of aromatic nitrogens is 4. The van der Waals surface area contributed by atoms with Crippen LogP contribution in [0.4, 0.5) is 0 Å². The third-order valence-corrected chi connectivity index (χ3v) is 3.94. The van der Waals surface area contributed by atoms with E-state index < -0.39 is 5.97 Å². The molecule has 8 heteroatoms. The van der Waals surface area contributed by atoms with Crippen molar-refractivity contribution in [1.29, 1.82) is 0 Å². The van der Waals surface area contributed by atoms with E-state index in [0.717, 1.165) is 5.69 Å². The summed E-state index contributed by atoms with van der Waals surface area (Å²) in [7, 11) is 0. The number of hydrogen-bond acceptors (Lipinski definition) is 6. The van der Waals surface area contributed by atoms with Crippen LogP contribution in [0.3, 0.4) is 0 Å². The van der Waals surface area contributed by atoms with Gasteiger partial charge >= 0.3 is 5.97 Å². The second-order valence-electron chi connectivity index (χ2n) is 5.28. The van der Waals surface area contributed by atoms with Crippen LogP contribution >= 0.6 is 11.6 Å². The average molecular weight is 367 g/mol. The average Bonchev–Trinajstić information content (AvgIpc) is 3.35. The van der Waals surface area contributed by atoms with Crippen LogP contribution in [0.2, 0.25) is 5.02 Å². The van der Waals surface area contributed by atoms with Gasteiger partial charge in [0.1, 0.15) is 17.8 Å². The third kappa shape index (κ3) is 3.20. The molecule has 4 rings (SSSR count). The lowest BCUT2D eigenvalue weighted by Gasteiger charge is -2.04. The second kappa shape index (κ2) is 6.81. The molecule has 0 bridgehead atoms. The van der Waals surface area contributed by atoms with Crippen LogP contribution in [-0.2, 0) is 0 Å². The maximum atomic E-state index is 12.3. The predicted molar refractivity (Wildman–Crippen MR) is 93.3 cm³/mol. The highest BCUT2D eigenvalue weighted by atomic mass is 35.5. The van der Waals surface area contributed by atoms with Crippen LogP contribution in [0.15, 0.2) is 71.4 Å². The zero-order chi connectivity index (χ0) is 17.9. The summed E-state index contributed by atoms with van der Waals surface area (Å²) in [5.41, 5.74) is 1.45. The van der Waals surface area contributed by atoms with Crippen molar-refractivity contribution in [2.75, 3.05) is 0 Å². The van der Waals surface area contributed by atoms with Gasteiger partial charge in [0.25, 0.3) is 0 Å². The number of carbonyl (C=O) groups is 1. The molecule has 0 saturated heterocycles. The van der Waals surface area contributed by atoms with Crippen LogP contribution < -0.4 is 4.74 Å². The van der Waals surface area contributed by atoms with Gasteiger partial charge in [-0.05, 0) is 59.0 Å². The molecule has 7 nitrogen and oxygen atoms in total. The van der Waals surface area contributed by atoms with Gasteiger partial charge in [-0.3, -0.25) is 0 Å². The minimum absolute atomic E-state index is 0.0875. The van der Waals surface area contributed by atoms with Crippen molar-refractivity contribution in [2.45, 2.75) is 0 Å². The largest absolute Gasteiger partial charge is 0.449 e.